The van der Waals surface area contributed by atoms with Crippen LogP contribution < -0.4 is 10.5 Å². The average Bonchev–Trinajstić information content (AvgIpc) is 1.97. The standard InChI is InChI=1S/C5H5BrClN3O/c1-11-5-4(8)10-3(7)2(6)9-5/h1H3,(H2,8,10). The van der Waals surface area contributed by atoms with E-state index in [4.69, 9.17) is 22.1 Å². The van der Waals surface area contributed by atoms with Crippen LogP contribution in [0.1, 0.15) is 0 Å². The predicted molar refractivity (Wildman–Crippen MR) is 45.7 cm³/mol. The minimum atomic E-state index is 0.181. The van der Waals surface area contributed by atoms with Crippen molar-refractivity contribution in [2.24, 2.45) is 0 Å². The highest BCUT2D eigenvalue weighted by atomic mass is 79.9. The first-order chi connectivity index (χ1) is 5.15. The molecule has 0 aliphatic heterocycles. The molecule has 0 bridgehead atoms. The zero-order chi connectivity index (χ0) is 8.43. The molecule has 4 nitrogen and oxygen atoms in total. The number of aromatic nitrogens is 2. The second-order valence-electron chi connectivity index (χ2n) is 1.70. The van der Waals surface area contributed by atoms with Crippen molar-refractivity contribution in [3.8, 4) is 5.88 Å². The van der Waals surface area contributed by atoms with Crippen LogP contribution in [-0.4, -0.2) is 17.1 Å². The lowest BCUT2D eigenvalue weighted by molar-refractivity contribution is 0.397. The van der Waals surface area contributed by atoms with E-state index in [0.29, 0.717) is 4.60 Å². The molecule has 11 heavy (non-hydrogen) atoms. The van der Waals surface area contributed by atoms with Crippen molar-refractivity contribution in [2.75, 3.05) is 12.8 Å². The summed E-state index contributed by atoms with van der Waals surface area (Å²) >= 11 is 8.67. The summed E-state index contributed by atoms with van der Waals surface area (Å²) in [6.07, 6.45) is 0. The van der Waals surface area contributed by atoms with Gasteiger partial charge in [-0.05, 0) is 15.9 Å². The summed E-state index contributed by atoms with van der Waals surface area (Å²) in [4.78, 5) is 7.62. The number of hydrogen-bond acceptors (Lipinski definition) is 4. The molecular weight excluding hydrogens is 233 g/mol. The summed E-state index contributed by atoms with van der Waals surface area (Å²) in [5, 5.41) is 0.225. The maximum Gasteiger partial charge on any atom is 0.258 e. The van der Waals surface area contributed by atoms with Crippen molar-refractivity contribution in [2.45, 2.75) is 0 Å². The molecule has 0 fully saturated rings. The van der Waals surface area contributed by atoms with Gasteiger partial charge < -0.3 is 10.5 Å². The smallest absolute Gasteiger partial charge is 0.258 e. The van der Waals surface area contributed by atoms with Crippen LogP contribution in [0.4, 0.5) is 5.82 Å². The highest BCUT2D eigenvalue weighted by Crippen LogP contribution is 2.24. The maximum absolute atomic E-state index is 5.59. The van der Waals surface area contributed by atoms with Crippen LogP contribution in [0.5, 0.6) is 5.88 Å². The molecule has 2 N–H and O–H groups in total. The number of rotatable bonds is 1. The van der Waals surface area contributed by atoms with E-state index in [1.165, 1.54) is 7.11 Å². The second kappa shape index (κ2) is 3.23. The van der Waals surface area contributed by atoms with Crippen LogP contribution in [0.2, 0.25) is 5.15 Å². The van der Waals surface area contributed by atoms with Crippen molar-refractivity contribution in [1.82, 2.24) is 9.97 Å². The van der Waals surface area contributed by atoms with E-state index >= 15 is 0 Å². The highest BCUT2D eigenvalue weighted by Gasteiger charge is 2.07. The van der Waals surface area contributed by atoms with Crippen LogP contribution in [0.25, 0.3) is 0 Å². The molecule has 1 aromatic rings. The first-order valence-corrected chi connectivity index (χ1v) is 3.84. The summed E-state index contributed by atoms with van der Waals surface area (Å²) in [5.74, 6) is 0.446. The molecule has 0 aliphatic rings. The molecule has 1 heterocycles. The van der Waals surface area contributed by atoms with E-state index in [-0.39, 0.29) is 16.9 Å². The van der Waals surface area contributed by atoms with E-state index in [0.717, 1.165) is 0 Å². The fourth-order valence-corrected chi connectivity index (χ4v) is 0.925. The molecule has 0 saturated heterocycles. The fourth-order valence-electron chi connectivity index (χ4n) is 0.542. The van der Waals surface area contributed by atoms with E-state index < -0.39 is 0 Å². The van der Waals surface area contributed by atoms with Crippen LogP contribution in [-0.2, 0) is 0 Å². The molecule has 60 valence electrons. The van der Waals surface area contributed by atoms with Crippen LogP contribution in [0.15, 0.2) is 4.60 Å². The number of ether oxygens (including phenoxy) is 1. The number of nitrogens with two attached hydrogens (primary N) is 1. The van der Waals surface area contributed by atoms with Gasteiger partial charge >= 0.3 is 0 Å². The molecule has 1 rings (SSSR count). The van der Waals surface area contributed by atoms with Crippen LogP contribution in [0.3, 0.4) is 0 Å². The van der Waals surface area contributed by atoms with Gasteiger partial charge in [-0.25, -0.2) is 4.98 Å². The molecule has 0 radical (unpaired) electrons. The van der Waals surface area contributed by atoms with Gasteiger partial charge in [0.1, 0.15) is 4.60 Å². The van der Waals surface area contributed by atoms with Gasteiger partial charge in [0.2, 0.25) is 0 Å². The Bertz CT molecular complexity index is 281. The Labute approximate surface area is 76.9 Å². The largest absolute Gasteiger partial charge is 0.478 e. The fraction of sp³-hybridized carbons (Fsp3) is 0.200. The van der Waals surface area contributed by atoms with Gasteiger partial charge in [0.15, 0.2) is 11.0 Å². The minimum Gasteiger partial charge on any atom is -0.478 e. The Morgan fingerprint density at radius 2 is 2.18 bits per heavy atom. The Kier molecular flexibility index (Phi) is 2.51. The third-order valence-corrected chi connectivity index (χ3v) is 2.05. The van der Waals surface area contributed by atoms with E-state index in [1.807, 2.05) is 0 Å². The highest BCUT2D eigenvalue weighted by molar-refractivity contribution is 9.10. The number of anilines is 1. The molecule has 0 atom stereocenters. The minimum absolute atomic E-state index is 0.181. The zero-order valence-corrected chi connectivity index (χ0v) is 7.98. The van der Waals surface area contributed by atoms with Gasteiger partial charge in [0.25, 0.3) is 5.88 Å². The predicted octanol–water partition coefficient (Wildman–Crippen LogP) is 1.48. The van der Waals surface area contributed by atoms with Crippen molar-refractivity contribution < 1.29 is 4.74 Å². The van der Waals surface area contributed by atoms with Gasteiger partial charge in [-0.1, -0.05) is 11.6 Å². The SMILES string of the molecule is COc1nc(Br)c(Cl)nc1N. The summed E-state index contributed by atoms with van der Waals surface area (Å²) in [5.41, 5.74) is 5.40. The monoisotopic (exact) mass is 237 g/mol. The Morgan fingerprint density at radius 3 is 2.73 bits per heavy atom. The summed E-state index contributed by atoms with van der Waals surface area (Å²) in [6.45, 7) is 0. The first kappa shape index (κ1) is 8.55. The summed E-state index contributed by atoms with van der Waals surface area (Å²) in [7, 11) is 1.46. The Hall–Kier alpha value is -0.550. The van der Waals surface area contributed by atoms with E-state index in [2.05, 4.69) is 25.9 Å². The number of methoxy groups -OCH3 is 1. The lowest BCUT2D eigenvalue weighted by Gasteiger charge is -2.02. The molecule has 1 aromatic heterocycles. The average molecular weight is 238 g/mol. The number of hydrogen-bond donors (Lipinski definition) is 1. The molecule has 6 heteroatoms. The Balaban J connectivity index is 3.21. The normalized spacial score (nSPS) is 9.73. The third kappa shape index (κ3) is 1.72. The summed E-state index contributed by atoms with van der Waals surface area (Å²) < 4.78 is 5.22. The van der Waals surface area contributed by atoms with Crippen molar-refractivity contribution >= 4 is 33.3 Å². The van der Waals surface area contributed by atoms with Crippen molar-refractivity contribution in [3.05, 3.63) is 9.76 Å². The number of nitrogens with zero attached hydrogens (tertiary/aromatic N) is 2. The van der Waals surface area contributed by atoms with Crippen LogP contribution >= 0.6 is 27.5 Å². The molecule has 0 saturated carbocycles. The van der Waals surface area contributed by atoms with Gasteiger partial charge in [-0.3, -0.25) is 0 Å². The first-order valence-electron chi connectivity index (χ1n) is 2.67. The molecule has 0 spiro atoms. The molecular formula is C5H5BrClN3O. The third-order valence-electron chi connectivity index (χ3n) is 1.00. The quantitative estimate of drug-likeness (QED) is 0.805. The van der Waals surface area contributed by atoms with Gasteiger partial charge in [0, 0.05) is 0 Å². The lowest BCUT2D eigenvalue weighted by atomic mass is 10.6. The van der Waals surface area contributed by atoms with Gasteiger partial charge in [0.05, 0.1) is 7.11 Å². The molecule has 0 aromatic carbocycles. The molecule has 0 unspecified atom stereocenters. The molecule has 0 amide bonds. The maximum atomic E-state index is 5.59. The van der Waals surface area contributed by atoms with Crippen molar-refractivity contribution in [1.29, 1.82) is 0 Å². The number of halogens is 2. The second-order valence-corrected chi connectivity index (χ2v) is 2.81. The number of nitrogen functional groups attached to an aromatic ring is 1. The topological polar surface area (TPSA) is 61.0 Å². The van der Waals surface area contributed by atoms with E-state index in [9.17, 15) is 0 Å². The molecule has 0 aliphatic carbocycles. The lowest BCUT2D eigenvalue weighted by Crippen LogP contribution is -1.99. The van der Waals surface area contributed by atoms with Crippen molar-refractivity contribution in [3.63, 3.8) is 0 Å². The van der Waals surface area contributed by atoms with Gasteiger partial charge in [-0.15, -0.1) is 0 Å². The summed E-state index contributed by atoms with van der Waals surface area (Å²) in [6, 6.07) is 0. The van der Waals surface area contributed by atoms with Gasteiger partial charge in [-0.2, -0.15) is 4.98 Å². The Morgan fingerprint density at radius 1 is 1.55 bits per heavy atom. The van der Waals surface area contributed by atoms with Crippen LogP contribution in [0, 0.1) is 0 Å². The zero-order valence-electron chi connectivity index (χ0n) is 5.64. The van der Waals surface area contributed by atoms with E-state index in [1.54, 1.807) is 0 Å².